The van der Waals surface area contributed by atoms with E-state index in [0.717, 1.165) is 10.6 Å². The van der Waals surface area contributed by atoms with Crippen LogP contribution in [0.3, 0.4) is 0 Å². The van der Waals surface area contributed by atoms with Crippen molar-refractivity contribution in [1.82, 2.24) is 0 Å². The molecule has 1 aliphatic heterocycles. The molecule has 0 aromatic heterocycles. The minimum Gasteiger partial charge on any atom is -0.497 e. The molecule has 2 N–H and O–H groups in total. The molecule has 0 unspecified atom stereocenters. The van der Waals surface area contributed by atoms with Crippen LogP contribution in [0, 0.1) is 0 Å². The predicted octanol–water partition coefficient (Wildman–Crippen LogP) is 3.06. The van der Waals surface area contributed by atoms with Crippen LogP contribution in [0.2, 0.25) is 0 Å². The lowest BCUT2D eigenvalue weighted by atomic mass is 10.2. The zero-order chi connectivity index (χ0) is 27.5. The fourth-order valence-electron chi connectivity index (χ4n) is 3.82. The van der Waals surface area contributed by atoms with Crippen LogP contribution in [0.1, 0.15) is 6.92 Å². The highest BCUT2D eigenvalue weighted by Crippen LogP contribution is 2.35. The van der Waals surface area contributed by atoms with Gasteiger partial charge in [-0.1, -0.05) is 0 Å². The maximum atomic E-state index is 13.0. The Morgan fingerprint density at radius 2 is 1.50 bits per heavy atom. The van der Waals surface area contributed by atoms with E-state index in [1.807, 2.05) is 0 Å². The van der Waals surface area contributed by atoms with Crippen LogP contribution in [0.15, 0.2) is 71.6 Å². The number of benzene rings is 3. The quantitative estimate of drug-likeness (QED) is 0.406. The molecule has 1 heterocycles. The van der Waals surface area contributed by atoms with Crippen LogP contribution in [0.4, 0.5) is 17.1 Å². The molecule has 1 amide bonds. The van der Waals surface area contributed by atoms with E-state index in [0.29, 0.717) is 41.8 Å². The summed E-state index contributed by atoms with van der Waals surface area (Å²) in [7, 11) is -6.23. The maximum Gasteiger partial charge on any atom is 0.261 e. The molecule has 13 heteroatoms. The maximum absolute atomic E-state index is 13.0. The molecule has 38 heavy (non-hydrogen) atoms. The number of fused-ring (bicyclic) bond motifs is 1. The number of ether oxygens (including phenoxy) is 3. The van der Waals surface area contributed by atoms with E-state index in [-0.39, 0.29) is 10.6 Å². The fourth-order valence-corrected chi connectivity index (χ4v) is 6.04. The number of hydrogen-bond acceptors (Lipinski definition) is 8. The number of nitrogens with one attached hydrogen (secondary N) is 2. The van der Waals surface area contributed by atoms with Crippen molar-refractivity contribution in [2.45, 2.75) is 17.9 Å². The Morgan fingerprint density at radius 3 is 2.11 bits per heavy atom. The first-order valence-electron chi connectivity index (χ1n) is 11.4. The highest BCUT2D eigenvalue weighted by Gasteiger charge is 2.30. The summed E-state index contributed by atoms with van der Waals surface area (Å²) in [5, 5.41) is 2.64. The lowest BCUT2D eigenvalue weighted by Crippen LogP contribution is -2.45. The Kier molecular flexibility index (Phi) is 7.69. The molecular weight excluding hydrogens is 534 g/mol. The third-order valence-electron chi connectivity index (χ3n) is 5.64. The molecule has 1 aliphatic rings. The summed E-state index contributed by atoms with van der Waals surface area (Å²) in [6.07, 6.45) is 1.00. The van der Waals surface area contributed by atoms with Crippen LogP contribution in [0.25, 0.3) is 0 Å². The molecule has 0 spiro atoms. The van der Waals surface area contributed by atoms with E-state index in [2.05, 4.69) is 10.0 Å². The van der Waals surface area contributed by atoms with Crippen LogP contribution in [-0.4, -0.2) is 55.4 Å². The molecule has 0 saturated carbocycles. The molecule has 0 saturated heterocycles. The average molecular weight is 562 g/mol. The number of sulfonamides is 2. The zero-order valence-electron chi connectivity index (χ0n) is 20.9. The van der Waals surface area contributed by atoms with Gasteiger partial charge in [0.05, 0.1) is 23.9 Å². The third-order valence-corrected chi connectivity index (χ3v) is 8.28. The van der Waals surface area contributed by atoms with Crippen molar-refractivity contribution in [2.24, 2.45) is 0 Å². The predicted molar refractivity (Wildman–Crippen MR) is 143 cm³/mol. The van der Waals surface area contributed by atoms with Crippen molar-refractivity contribution < 1.29 is 35.8 Å². The first-order chi connectivity index (χ1) is 18.0. The smallest absolute Gasteiger partial charge is 0.261 e. The van der Waals surface area contributed by atoms with Gasteiger partial charge in [0.2, 0.25) is 15.9 Å². The van der Waals surface area contributed by atoms with Gasteiger partial charge in [0.25, 0.3) is 10.0 Å². The van der Waals surface area contributed by atoms with Gasteiger partial charge in [-0.2, -0.15) is 0 Å². The minimum atomic E-state index is -3.88. The van der Waals surface area contributed by atoms with E-state index in [1.54, 1.807) is 30.3 Å². The summed E-state index contributed by atoms with van der Waals surface area (Å²) in [6.45, 7) is 2.16. The highest BCUT2D eigenvalue weighted by molar-refractivity contribution is 7.92. The Morgan fingerprint density at radius 1 is 0.895 bits per heavy atom. The molecule has 11 nitrogen and oxygen atoms in total. The largest absolute Gasteiger partial charge is 0.497 e. The van der Waals surface area contributed by atoms with E-state index < -0.39 is 32.0 Å². The number of amides is 1. The van der Waals surface area contributed by atoms with Gasteiger partial charge in [-0.3, -0.25) is 13.8 Å². The monoisotopic (exact) mass is 561 g/mol. The van der Waals surface area contributed by atoms with Gasteiger partial charge >= 0.3 is 0 Å². The average Bonchev–Trinajstić information content (AvgIpc) is 2.88. The van der Waals surface area contributed by atoms with E-state index in [9.17, 15) is 21.6 Å². The number of carbonyl (C=O) groups excluding carboxylic acids is 1. The van der Waals surface area contributed by atoms with Crippen molar-refractivity contribution in [3.05, 3.63) is 66.7 Å². The molecule has 0 fully saturated rings. The molecule has 0 radical (unpaired) electrons. The first-order valence-corrected chi connectivity index (χ1v) is 14.8. The normalized spacial score (nSPS) is 13.8. The van der Waals surface area contributed by atoms with Crippen molar-refractivity contribution in [2.75, 3.05) is 40.9 Å². The molecule has 0 aliphatic carbocycles. The number of anilines is 3. The summed E-state index contributed by atoms with van der Waals surface area (Å²) in [5.74, 6) is 0.847. The van der Waals surface area contributed by atoms with Gasteiger partial charge in [0.15, 0.2) is 11.5 Å². The second-order valence-electron chi connectivity index (χ2n) is 8.41. The van der Waals surface area contributed by atoms with E-state index >= 15 is 0 Å². The van der Waals surface area contributed by atoms with Crippen LogP contribution < -0.4 is 28.6 Å². The SMILES string of the molecule is COc1ccc(NS(=O)(=O)c2ccc(NC(=O)[C@@H](C)N(c3ccc4c(c3)OCCO4)S(C)(=O)=O)cc2)cc1. The van der Waals surface area contributed by atoms with Gasteiger partial charge in [-0.25, -0.2) is 16.8 Å². The van der Waals surface area contributed by atoms with Crippen LogP contribution in [-0.2, 0) is 24.8 Å². The molecule has 3 aromatic carbocycles. The molecule has 3 aromatic rings. The Bertz CT molecular complexity index is 1520. The molecule has 1 atom stereocenters. The Labute approximate surface area is 221 Å². The van der Waals surface area contributed by atoms with Crippen molar-refractivity contribution in [1.29, 1.82) is 0 Å². The van der Waals surface area contributed by atoms with E-state index in [4.69, 9.17) is 14.2 Å². The Balaban J connectivity index is 1.48. The van der Waals surface area contributed by atoms with Gasteiger partial charge < -0.3 is 19.5 Å². The fraction of sp³-hybridized carbons (Fsp3) is 0.240. The van der Waals surface area contributed by atoms with Crippen molar-refractivity contribution in [3.63, 3.8) is 0 Å². The number of carbonyl (C=O) groups is 1. The number of methoxy groups -OCH3 is 1. The zero-order valence-corrected chi connectivity index (χ0v) is 22.5. The van der Waals surface area contributed by atoms with Crippen LogP contribution >= 0.6 is 0 Å². The first kappa shape index (κ1) is 27.1. The van der Waals surface area contributed by atoms with Gasteiger partial charge in [0.1, 0.15) is 25.0 Å². The number of hydrogen-bond donors (Lipinski definition) is 2. The topological polar surface area (TPSA) is 140 Å². The number of nitrogens with zero attached hydrogens (tertiary/aromatic N) is 1. The summed E-state index contributed by atoms with van der Waals surface area (Å²) in [6, 6.07) is 15.4. The van der Waals surface area contributed by atoms with Gasteiger partial charge in [-0.15, -0.1) is 0 Å². The number of rotatable bonds is 9. The summed E-state index contributed by atoms with van der Waals surface area (Å²) >= 11 is 0. The summed E-state index contributed by atoms with van der Waals surface area (Å²) in [4.78, 5) is 13.0. The van der Waals surface area contributed by atoms with Crippen molar-refractivity contribution in [3.8, 4) is 17.2 Å². The lowest BCUT2D eigenvalue weighted by molar-refractivity contribution is -0.116. The Hall–Kier alpha value is -3.97. The van der Waals surface area contributed by atoms with E-state index in [1.165, 1.54) is 50.4 Å². The third kappa shape index (κ3) is 6.11. The van der Waals surface area contributed by atoms with Gasteiger partial charge in [0, 0.05) is 17.4 Å². The molecular formula is C25H27N3O8S2. The standard InChI is InChI=1S/C25H27N3O8S2/c1-17(28(37(3,30)31)20-8-13-23-24(16-20)36-15-14-35-23)25(29)26-18-6-11-22(12-7-18)38(32,33)27-19-4-9-21(34-2)10-5-19/h4-13,16-17,27H,14-15H2,1-3H3,(H,26,29)/t17-/m1/s1. The second-order valence-corrected chi connectivity index (χ2v) is 12.0. The minimum absolute atomic E-state index is 0.0200. The summed E-state index contributed by atoms with van der Waals surface area (Å²) < 4.78 is 70.3. The van der Waals surface area contributed by atoms with Crippen molar-refractivity contribution >= 4 is 43.0 Å². The van der Waals surface area contributed by atoms with Crippen LogP contribution in [0.5, 0.6) is 17.2 Å². The summed E-state index contributed by atoms with van der Waals surface area (Å²) in [5.41, 5.74) is 0.892. The molecule has 4 rings (SSSR count). The second kappa shape index (κ2) is 10.8. The van der Waals surface area contributed by atoms with Gasteiger partial charge in [-0.05, 0) is 67.6 Å². The highest BCUT2D eigenvalue weighted by atomic mass is 32.2. The molecule has 202 valence electrons. The molecule has 0 bridgehead atoms. The lowest BCUT2D eigenvalue weighted by Gasteiger charge is -2.29.